The molecular weight excluding hydrogens is 320 g/mol. The molecule has 25 heavy (non-hydrogen) atoms. The average molecular weight is 338 g/mol. The van der Waals surface area contributed by atoms with Crippen LogP contribution in [0.4, 0.5) is 0 Å². The highest BCUT2D eigenvalue weighted by molar-refractivity contribution is 5.56. The Labute approximate surface area is 144 Å². The highest BCUT2D eigenvalue weighted by Crippen LogP contribution is 2.36. The molecule has 0 N–H and O–H groups in total. The van der Waals surface area contributed by atoms with Crippen molar-refractivity contribution in [3.05, 3.63) is 48.5 Å². The summed E-state index contributed by atoms with van der Waals surface area (Å²) in [4.78, 5) is 4.47. The van der Waals surface area contributed by atoms with Gasteiger partial charge in [0.2, 0.25) is 6.79 Å². The summed E-state index contributed by atoms with van der Waals surface area (Å²) in [6.07, 6.45) is 7.02. The lowest BCUT2D eigenvalue weighted by molar-refractivity contribution is 0.00219. The largest absolute Gasteiger partial charge is 0.455 e. The summed E-state index contributed by atoms with van der Waals surface area (Å²) < 4.78 is 24.7. The van der Waals surface area contributed by atoms with Gasteiger partial charge in [-0.3, -0.25) is 4.57 Å². The van der Waals surface area contributed by atoms with E-state index in [9.17, 15) is 0 Å². The van der Waals surface area contributed by atoms with Crippen LogP contribution < -0.4 is 9.47 Å². The van der Waals surface area contributed by atoms with Crippen LogP contribution in [0.25, 0.3) is 17.3 Å². The predicted molar refractivity (Wildman–Crippen MR) is 89.9 cm³/mol. The third-order valence-electron chi connectivity index (χ3n) is 4.62. The Kier molecular flexibility index (Phi) is 3.48. The molecule has 2 aliphatic rings. The lowest BCUT2D eigenvalue weighted by Gasteiger charge is -2.20. The Bertz CT molecular complexity index is 892. The molecule has 0 spiro atoms. The number of nitrogens with zero attached hydrogens (tertiary/aromatic N) is 2. The molecule has 5 rings (SSSR count). The maximum absolute atomic E-state index is 6.06. The van der Waals surface area contributed by atoms with Crippen LogP contribution in [0.3, 0.4) is 0 Å². The first kappa shape index (κ1) is 14.6. The molecule has 0 amide bonds. The van der Waals surface area contributed by atoms with Gasteiger partial charge in [0.05, 0.1) is 5.69 Å². The van der Waals surface area contributed by atoms with E-state index in [1.54, 1.807) is 6.20 Å². The highest BCUT2D eigenvalue weighted by atomic mass is 16.7. The minimum atomic E-state index is 0.0523. The van der Waals surface area contributed by atoms with Crippen LogP contribution >= 0.6 is 0 Å². The Balaban J connectivity index is 1.48. The first-order chi connectivity index (χ1) is 12.4. The standard InChI is InChI=1S/C19H18N2O4/c1-2-10-22-14(3-1)16-6-7-17(25-16)19-20-8-9-21(19)13-4-5-15-18(11-13)24-12-23-15/h4-9,11,14H,1-3,10,12H2/t14-/m0/s1. The van der Waals surface area contributed by atoms with Gasteiger partial charge >= 0.3 is 0 Å². The molecule has 6 nitrogen and oxygen atoms in total. The van der Waals surface area contributed by atoms with E-state index in [1.807, 2.05) is 41.1 Å². The second-order valence-electron chi connectivity index (χ2n) is 6.22. The van der Waals surface area contributed by atoms with Gasteiger partial charge < -0.3 is 18.6 Å². The van der Waals surface area contributed by atoms with Crippen LogP contribution in [-0.4, -0.2) is 23.0 Å². The van der Waals surface area contributed by atoms with Gasteiger partial charge in [0.25, 0.3) is 0 Å². The Morgan fingerprint density at radius 3 is 2.92 bits per heavy atom. The van der Waals surface area contributed by atoms with Crippen molar-refractivity contribution in [2.24, 2.45) is 0 Å². The summed E-state index contributed by atoms with van der Waals surface area (Å²) >= 11 is 0. The molecule has 0 radical (unpaired) electrons. The molecule has 1 atom stereocenters. The average Bonchev–Trinajstić information content (AvgIpc) is 3.40. The SMILES string of the molecule is c1cn(-c2ccc3c(c2)OCO3)c(-c2ccc([C@@H]3CCCCO3)o2)n1. The Morgan fingerprint density at radius 1 is 1.04 bits per heavy atom. The zero-order valence-corrected chi connectivity index (χ0v) is 13.7. The molecule has 0 unspecified atom stereocenters. The van der Waals surface area contributed by atoms with Gasteiger partial charge in [-0.1, -0.05) is 0 Å². The van der Waals surface area contributed by atoms with E-state index < -0.39 is 0 Å². The maximum Gasteiger partial charge on any atom is 0.231 e. The predicted octanol–water partition coefficient (Wildman–Crippen LogP) is 4.10. The van der Waals surface area contributed by atoms with Crippen molar-refractivity contribution in [1.29, 1.82) is 0 Å². The quantitative estimate of drug-likeness (QED) is 0.719. The molecule has 4 heterocycles. The number of fused-ring (bicyclic) bond motifs is 1. The molecule has 0 aliphatic carbocycles. The fourth-order valence-corrected chi connectivity index (χ4v) is 3.34. The van der Waals surface area contributed by atoms with Crippen LogP contribution in [-0.2, 0) is 4.74 Å². The number of furan rings is 1. The number of benzene rings is 1. The molecule has 0 saturated carbocycles. The van der Waals surface area contributed by atoms with Gasteiger partial charge in [0, 0.05) is 25.1 Å². The van der Waals surface area contributed by atoms with Gasteiger partial charge in [-0.05, 0) is 43.5 Å². The van der Waals surface area contributed by atoms with Crippen molar-refractivity contribution in [2.45, 2.75) is 25.4 Å². The molecule has 0 bridgehead atoms. The highest BCUT2D eigenvalue weighted by Gasteiger charge is 2.22. The van der Waals surface area contributed by atoms with Crippen molar-refractivity contribution in [2.75, 3.05) is 13.4 Å². The lowest BCUT2D eigenvalue weighted by Crippen LogP contribution is -2.10. The second kappa shape index (κ2) is 5.97. The molecule has 2 aliphatic heterocycles. The van der Waals surface area contributed by atoms with Gasteiger partial charge in [-0.25, -0.2) is 4.98 Å². The maximum atomic E-state index is 6.06. The molecule has 128 valence electrons. The van der Waals surface area contributed by atoms with Gasteiger partial charge in [0.15, 0.2) is 23.1 Å². The minimum Gasteiger partial charge on any atom is -0.455 e. The zero-order chi connectivity index (χ0) is 16.6. The third kappa shape index (κ3) is 2.59. The summed E-state index contributed by atoms with van der Waals surface area (Å²) in [7, 11) is 0. The second-order valence-corrected chi connectivity index (χ2v) is 6.22. The number of aromatic nitrogens is 2. The third-order valence-corrected chi connectivity index (χ3v) is 4.62. The van der Waals surface area contributed by atoms with E-state index in [1.165, 1.54) is 6.42 Å². The van der Waals surface area contributed by atoms with Crippen molar-refractivity contribution in [3.8, 4) is 28.8 Å². The number of ether oxygens (including phenoxy) is 3. The monoisotopic (exact) mass is 338 g/mol. The van der Waals surface area contributed by atoms with Crippen molar-refractivity contribution in [3.63, 3.8) is 0 Å². The number of imidazole rings is 1. The van der Waals surface area contributed by atoms with Crippen LogP contribution in [0.15, 0.2) is 47.1 Å². The van der Waals surface area contributed by atoms with Crippen molar-refractivity contribution in [1.82, 2.24) is 9.55 Å². The van der Waals surface area contributed by atoms with E-state index in [2.05, 4.69) is 4.98 Å². The number of hydrogen-bond donors (Lipinski definition) is 0. The van der Waals surface area contributed by atoms with Gasteiger partial charge in [-0.15, -0.1) is 0 Å². The van der Waals surface area contributed by atoms with Crippen LogP contribution in [0.2, 0.25) is 0 Å². The molecule has 1 saturated heterocycles. The summed E-state index contributed by atoms with van der Waals surface area (Å²) in [6.45, 7) is 1.06. The van der Waals surface area contributed by atoms with E-state index in [4.69, 9.17) is 18.6 Å². The van der Waals surface area contributed by atoms with E-state index >= 15 is 0 Å². The van der Waals surface area contributed by atoms with Gasteiger partial charge in [-0.2, -0.15) is 0 Å². The van der Waals surface area contributed by atoms with Crippen molar-refractivity contribution >= 4 is 0 Å². The topological polar surface area (TPSA) is 58.7 Å². The minimum absolute atomic E-state index is 0.0523. The number of hydrogen-bond acceptors (Lipinski definition) is 5. The van der Waals surface area contributed by atoms with Crippen LogP contribution in [0.5, 0.6) is 11.5 Å². The molecule has 2 aromatic heterocycles. The molecule has 1 fully saturated rings. The first-order valence-corrected chi connectivity index (χ1v) is 8.53. The number of rotatable bonds is 3. The van der Waals surface area contributed by atoms with E-state index in [0.29, 0.717) is 0 Å². The summed E-state index contributed by atoms with van der Waals surface area (Å²) in [5.41, 5.74) is 0.948. The smallest absolute Gasteiger partial charge is 0.231 e. The Hall–Kier alpha value is -2.73. The summed E-state index contributed by atoms with van der Waals surface area (Å²) in [5, 5.41) is 0. The van der Waals surface area contributed by atoms with Crippen LogP contribution in [0, 0.1) is 0 Å². The van der Waals surface area contributed by atoms with Gasteiger partial charge in [0.1, 0.15) is 11.9 Å². The molecule has 3 aromatic rings. The van der Waals surface area contributed by atoms with E-state index in [0.717, 1.165) is 54.0 Å². The molecular formula is C19H18N2O4. The fraction of sp³-hybridized carbons (Fsp3) is 0.316. The van der Waals surface area contributed by atoms with Crippen molar-refractivity contribution < 1.29 is 18.6 Å². The lowest BCUT2D eigenvalue weighted by atomic mass is 10.1. The fourth-order valence-electron chi connectivity index (χ4n) is 3.34. The summed E-state index contributed by atoms with van der Waals surface area (Å²) in [6, 6.07) is 9.78. The first-order valence-electron chi connectivity index (χ1n) is 8.53. The molecule has 6 heteroatoms. The summed E-state index contributed by atoms with van der Waals surface area (Å²) in [5.74, 6) is 3.86. The molecule has 1 aromatic carbocycles. The zero-order valence-electron chi connectivity index (χ0n) is 13.7. The van der Waals surface area contributed by atoms with E-state index in [-0.39, 0.29) is 12.9 Å². The Morgan fingerprint density at radius 2 is 2.00 bits per heavy atom. The normalized spacial score (nSPS) is 19.3. The van der Waals surface area contributed by atoms with Crippen LogP contribution in [0.1, 0.15) is 31.1 Å².